The molecule has 0 fully saturated rings. The van der Waals surface area contributed by atoms with Crippen LogP contribution in [-0.2, 0) is 6.42 Å². The third kappa shape index (κ3) is 2.07. The molecule has 0 amide bonds. The number of halogens is 2. The lowest BCUT2D eigenvalue weighted by Crippen LogP contribution is -1.93. The van der Waals surface area contributed by atoms with Crippen molar-refractivity contribution in [3.05, 3.63) is 52.9 Å². The van der Waals surface area contributed by atoms with E-state index in [2.05, 4.69) is 4.98 Å². The smallest absolute Gasteiger partial charge is 0.134 e. The van der Waals surface area contributed by atoms with E-state index >= 15 is 0 Å². The number of hydrogen-bond donors (Lipinski definition) is 0. The van der Waals surface area contributed by atoms with E-state index < -0.39 is 0 Å². The molecule has 1 aromatic carbocycles. The van der Waals surface area contributed by atoms with Gasteiger partial charge in [0.05, 0.1) is 5.69 Å². The van der Waals surface area contributed by atoms with Crippen LogP contribution in [0.5, 0.6) is 0 Å². The Bertz CT molecular complexity index is 511. The molecule has 0 radical (unpaired) electrons. The van der Waals surface area contributed by atoms with Crippen molar-refractivity contribution in [3.8, 4) is 11.3 Å². The van der Waals surface area contributed by atoms with E-state index in [1.54, 1.807) is 18.3 Å². The van der Waals surface area contributed by atoms with Crippen molar-refractivity contribution < 1.29 is 4.39 Å². The molecule has 0 bridgehead atoms. The molecule has 0 saturated carbocycles. The van der Waals surface area contributed by atoms with Crippen LogP contribution in [0.25, 0.3) is 11.3 Å². The lowest BCUT2D eigenvalue weighted by molar-refractivity contribution is 0.630. The highest BCUT2D eigenvalue weighted by Crippen LogP contribution is 2.26. The van der Waals surface area contributed by atoms with Gasteiger partial charge in [0, 0.05) is 16.8 Å². The molecule has 0 N–H and O–H groups in total. The van der Waals surface area contributed by atoms with E-state index in [-0.39, 0.29) is 5.82 Å². The third-order valence-corrected chi connectivity index (χ3v) is 2.69. The molecular weight excluding hydrogens is 225 g/mol. The summed E-state index contributed by atoms with van der Waals surface area (Å²) in [5, 5.41) is 0.398. The molecule has 2 aromatic rings. The maximum absolute atomic E-state index is 13.7. The number of hydrogen-bond acceptors (Lipinski definition) is 1. The summed E-state index contributed by atoms with van der Waals surface area (Å²) in [5.74, 6) is -0.332. The van der Waals surface area contributed by atoms with Crippen LogP contribution in [0.1, 0.15) is 12.5 Å². The number of nitrogens with zero attached hydrogens (tertiary/aromatic N) is 1. The number of aromatic nitrogens is 1. The second-order valence-corrected chi connectivity index (χ2v) is 3.93. The van der Waals surface area contributed by atoms with E-state index in [9.17, 15) is 4.39 Å². The molecule has 82 valence electrons. The largest absolute Gasteiger partial charge is 0.256 e. The van der Waals surface area contributed by atoms with Crippen LogP contribution in [0, 0.1) is 5.82 Å². The van der Waals surface area contributed by atoms with Gasteiger partial charge in [-0.25, -0.2) is 4.39 Å². The minimum Gasteiger partial charge on any atom is -0.256 e. The van der Waals surface area contributed by atoms with Crippen molar-refractivity contribution in [2.75, 3.05) is 0 Å². The van der Waals surface area contributed by atoms with Crippen LogP contribution >= 0.6 is 11.6 Å². The van der Waals surface area contributed by atoms with Crippen molar-refractivity contribution in [1.82, 2.24) is 4.98 Å². The zero-order valence-electron chi connectivity index (χ0n) is 8.87. The van der Waals surface area contributed by atoms with Gasteiger partial charge in [-0.05, 0) is 36.2 Å². The van der Waals surface area contributed by atoms with Gasteiger partial charge in [-0.1, -0.05) is 24.6 Å². The number of rotatable bonds is 2. The molecule has 0 aliphatic rings. The van der Waals surface area contributed by atoms with Gasteiger partial charge in [0.1, 0.15) is 5.82 Å². The quantitative estimate of drug-likeness (QED) is 0.764. The minimum absolute atomic E-state index is 0.332. The van der Waals surface area contributed by atoms with Crippen molar-refractivity contribution in [2.24, 2.45) is 0 Å². The Kier molecular flexibility index (Phi) is 3.20. The predicted molar refractivity (Wildman–Crippen MR) is 64.0 cm³/mol. The van der Waals surface area contributed by atoms with Crippen molar-refractivity contribution in [1.29, 1.82) is 0 Å². The fourth-order valence-corrected chi connectivity index (χ4v) is 1.81. The summed E-state index contributed by atoms with van der Waals surface area (Å²) >= 11 is 5.72. The van der Waals surface area contributed by atoms with Crippen molar-refractivity contribution >= 4 is 11.6 Å². The van der Waals surface area contributed by atoms with Gasteiger partial charge in [0.2, 0.25) is 0 Å². The molecule has 0 saturated heterocycles. The monoisotopic (exact) mass is 235 g/mol. The van der Waals surface area contributed by atoms with Gasteiger partial charge in [-0.2, -0.15) is 0 Å². The Hall–Kier alpha value is -1.41. The highest BCUT2D eigenvalue weighted by molar-refractivity contribution is 6.30. The molecule has 0 aliphatic carbocycles. The molecule has 0 aliphatic heterocycles. The average Bonchev–Trinajstić information content (AvgIpc) is 2.29. The highest BCUT2D eigenvalue weighted by Gasteiger charge is 2.10. The fraction of sp³-hybridized carbons (Fsp3) is 0.154. The third-order valence-electron chi connectivity index (χ3n) is 2.46. The molecule has 1 nitrogen and oxygen atoms in total. The molecule has 0 unspecified atom stereocenters. The zero-order chi connectivity index (χ0) is 11.5. The summed E-state index contributed by atoms with van der Waals surface area (Å²) in [6.45, 7) is 2.02. The average molecular weight is 236 g/mol. The van der Waals surface area contributed by atoms with Gasteiger partial charge in [-0.15, -0.1) is 0 Å². The van der Waals surface area contributed by atoms with E-state index in [1.165, 1.54) is 6.07 Å². The van der Waals surface area contributed by atoms with E-state index in [0.29, 0.717) is 16.3 Å². The maximum Gasteiger partial charge on any atom is 0.134 e. The van der Waals surface area contributed by atoms with Gasteiger partial charge in [0.15, 0.2) is 0 Å². The lowest BCUT2D eigenvalue weighted by Gasteiger charge is -2.07. The maximum atomic E-state index is 13.7. The first-order chi connectivity index (χ1) is 7.72. The molecule has 1 heterocycles. The van der Waals surface area contributed by atoms with Crippen LogP contribution in [0.2, 0.25) is 5.02 Å². The topological polar surface area (TPSA) is 12.9 Å². The summed E-state index contributed by atoms with van der Waals surface area (Å²) in [5.41, 5.74) is 2.23. The standard InChI is InChI=1S/C13H11ClFN/c1-2-9-4-3-7-16-13(9)11-6-5-10(14)8-12(11)15/h3-8H,2H2,1H3. The Morgan fingerprint density at radius 2 is 2.12 bits per heavy atom. The van der Waals surface area contributed by atoms with Crippen LogP contribution < -0.4 is 0 Å². The fourth-order valence-electron chi connectivity index (χ4n) is 1.65. The Morgan fingerprint density at radius 1 is 1.31 bits per heavy atom. The molecule has 0 spiro atoms. The molecule has 3 heteroatoms. The normalized spacial score (nSPS) is 10.4. The molecule has 16 heavy (non-hydrogen) atoms. The van der Waals surface area contributed by atoms with Gasteiger partial charge >= 0.3 is 0 Å². The van der Waals surface area contributed by atoms with E-state index in [1.807, 2.05) is 19.1 Å². The second-order valence-electron chi connectivity index (χ2n) is 3.49. The number of benzene rings is 1. The Morgan fingerprint density at radius 3 is 2.81 bits per heavy atom. The first kappa shape index (κ1) is 11.1. The SMILES string of the molecule is CCc1cccnc1-c1ccc(Cl)cc1F. The summed E-state index contributed by atoms with van der Waals surface area (Å²) in [4.78, 5) is 4.23. The Balaban J connectivity index is 2.58. The van der Waals surface area contributed by atoms with Gasteiger partial charge in [-0.3, -0.25) is 4.98 Å². The van der Waals surface area contributed by atoms with Gasteiger partial charge in [0.25, 0.3) is 0 Å². The highest BCUT2D eigenvalue weighted by atomic mass is 35.5. The number of aryl methyl sites for hydroxylation is 1. The first-order valence-electron chi connectivity index (χ1n) is 5.11. The van der Waals surface area contributed by atoms with Gasteiger partial charge < -0.3 is 0 Å². The van der Waals surface area contributed by atoms with Crippen LogP contribution in [0.3, 0.4) is 0 Å². The summed E-state index contributed by atoms with van der Waals surface area (Å²) in [7, 11) is 0. The summed E-state index contributed by atoms with van der Waals surface area (Å²) in [6, 6.07) is 8.46. The van der Waals surface area contributed by atoms with Crippen LogP contribution in [-0.4, -0.2) is 4.98 Å². The lowest BCUT2D eigenvalue weighted by atomic mass is 10.0. The van der Waals surface area contributed by atoms with Crippen LogP contribution in [0.4, 0.5) is 4.39 Å². The Labute approximate surface area is 98.9 Å². The number of pyridine rings is 1. The van der Waals surface area contributed by atoms with Crippen molar-refractivity contribution in [2.45, 2.75) is 13.3 Å². The van der Waals surface area contributed by atoms with E-state index in [0.717, 1.165) is 12.0 Å². The van der Waals surface area contributed by atoms with E-state index in [4.69, 9.17) is 11.6 Å². The van der Waals surface area contributed by atoms with Crippen LogP contribution in [0.15, 0.2) is 36.5 Å². The summed E-state index contributed by atoms with van der Waals surface area (Å²) in [6.07, 6.45) is 2.49. The first-order valence-corrected chi connectivity index (χ1v) is 5.49. The molecule has 2 rings (SSSR count). The zero-order valence-corrected chi connectivity index (χ0v) is 9.63. The molecule has 1 aromatic heterocycles. The molecular formula is C13H11ClFN. The second kappa shape index (κ2) is 4.62. The van der Waals surface area contributed by atoms with Crippen molar-refractivity contribution in [3.63, 3.8) is 0 Å². The minimum atomic E-state index is -0.332. The summed E-state index contributed by atoms with van der Waals surface area (Å²) < 4.78 is 13.7. The molecule has 0 atom stereocenters. The predicted octanol–water partition coefficient (Wildman–Crippen LogP) is 4.10.